The molecule has 0 radical (unpaired) electrons. The molecule has 6 nitrogen and oxygen atoms in total. The molecule has 0 aromatic rings. The first kappa shape index (κ1) is 45.3. The molecule has 2 aliphatic carbocycles. The molecule has 2 saturated heterocycles. The Morgan fingerprint density at radius 2 is 1.33 bits per heavy atom. The summed E-state index contributed by atoms with van der Waals surface area (Å²) < 4.78 is 18.1. The van der Waals surface area contributed by atoms with E-state index in [1.165, 1.54) is 19.3 Å². The second-order valence-electron chi connectivity index (χ2n) is 24.2. The van der Waals surface area contributed by atoms with Crippen LogP contribution >= 0.6 is 0 Å². The van der Waals surface area contributed by atoms with E-state index in [9.17, 15) is 14.4 Å². The highest BCUT2D eigenvalue weighted by Crippen LogP contribution is 2.57. The standard InChI is InChI=1S/C48H84O6/c1-17-45(10,11)35(39(49)53-36-26-32-20-21-48(36,16)27-32)29-44(8,9)23-25-47(14,15)38-37(40(50)54-41(38)51)46(12,13)24-22-43(6,7)28-34(42(3,4)5)33-19-18-31(2)52-30-33/h31-38H,17-30H2,1-16H3. The zero-order chi connectivity index (χ0) is 40.9. The van der Waals surface area contributed by atoms with Gasteiger partial charge in [0.15, 0.2) is 0 Å². The Hall–Kier alpha value is -1.43. The Bertz CT molecular complexity index is 1320. The van der Waals surface area contributed by atoms with Crippen LogP contribution in [0, 0.1) is 73.4 Å². The molecule has 2 heterocycles. The molecule has 0 aromatic heterocycles. The minimum Gasteiger partial charge on any atom is -0.462 e. The van der Waals surface area contributed by atoms with E-state index < -0.39 is 22.7 Å². The topological polar surface area (TPSA) is 78.9 Å². The van der Waals surface area contributed by atoms with E-state index in [-0.39, 0.29) is 57.0 Å². The molecule has 6 heteroatoms. The third-order valence-corrected chi connectivity index (χ3v) is 16.0. The van der Waals surface area contributed by atoms with Gasteiger partial charge in [0.25, 0.3) is 0 Å². The van der Waals surface area contributed by atoms with Gasteiger partial charge in [-0.25, -0.2) is 0 Å². The quantitative estimate of drug-likeness (QED) is 0.109. The van der Waals surface area contributed by atoms with Crippen molar-refractivity contribution in [3.8, 4) is 0 Å². The van der Waals surface area contributed by atoms with Gasteiger partial charge < -0.3 is 14.2 Å². The number of esters is 3. The van der Waals surface area contributed by atoms with E-state index in [4.69, 9.17) is 14.2 Å². The van der Waals surface area contributed by atoms with E-state index in [0.717, 1.165) is 70.8 Å². The van der Waals surface area contributed by atoms with E-state index >= 15 is 0 Å². The van der Waals surface area contributed by atoms with Crippen LogP contribution < -0.4 is 0 Å². The number of hydrogen-bond acceptors (Lipinski definition) is 6. The Balaban J connectivity index is 1.43. The number of hydrogen-bond donors (Lipinski definition) is 0. The highest BCUT2D eigenvalue weighted by Gasteiger charge is 2.58. The van der Waals surface area contributed by atoms with Crippen LogP contribution in [0.15, 0.2) is 0 Å². The van der Waals surface area contributed by atoms with E-state index in [0.29, 0.717) is 23.9 Å². The van der Waals surface area contributed by atoms with E-state index in [1.54, 1.807) is 0 Å². The molecule has 54 heavy (non-hydrogen) atoms. The van der Waals surface area contributed by atoms with Gasteiger partial charge in [-0.3, -0.25) is 14.4 Å². The van der Waals surface area contributed by atoms with Crippen LogP contribution in [0.3, 0.4) is 0 Å². The third-order valence-electron chi connectivity index (χ3n) is 16.0. The lowest BCUT2D eigenvalue weighted by atomic mass is 9.58. The zero-order valence-corrected chi connectivity index (χ0v) is 38.0. The van der Waals surface area contributed by atoms with Gasteiger partial charge in [-0.2, -0.15) is 0 Å². The largest absolute Gasteiger partial charge is 0.462 e. The third kappa shape index (κ3) is 10.5. The molecule has 2 aliphatic heterocycles. The summed E-state index contributed by atoms with van der Waals surface area (Å²) in [6.07, 6.45) is 13.5. The average Bonchev–Trinajstić information content (AvgIpc) is 3.69. The number of carbonyl (C=O) groups excluding carboxylic acids is 3. The second-order valence-corrected chi connectivity index (χ2v) is 24.2. The van der Waals surface area contributed by atoms with Crippen molar-refractivity contribution in [3.05, 3.63) is 0 Å². The van der Waals surface area contributed by atoms with Crippen LogP contribution in [-0.4, -0.2) is 36.7 Å². The normalized spacial score (nSPS) is 31.1. The molecule has 0 spiro atoms. The van der Waals surface area contributed by atoms with Crippen molar-refractivity contribution in [1.82, 2.24) is 0 Å². The van der Waals surface area contributed by atoms with Gasteiger partial charge in [-0.1, -0.05) is 110 Å². The number of ether oxygens (including phenoxy) is 3. The van der Waals surface area contributed by atoms with Gasteiger partial charge >= 0.3 is 17.9 Å². The average molecular weight is 757 g/mol. The highest BCUT2D eigenvalue weighted by molar-refractivity contribution is 5.97. The highest BCUT2D eigenvalue weighted by atomic mass is 16.6. The van der Waals surface area contributed by atoms with Crippen molar-refractivity contribution >= 4 is 17.9 Å². The second kappa shape index (κ2) is 16.1. The molecule has 9 atom stereocenters. The first-order valence-corrected chi connectivity index (χ1v) is 22.1. The Morgan fingerprint density at radius 3 is 1.76 bits per heavy atom. The summed E-state index contributed by atoms with van der Waals surface area (Å²) in [5, 5.41) is 0. The summed E-state index contributed by atoms with van der Waals surface area (Å²) in [4.78, 5) is 41.3. The molecular formula is C48H84O6. The predicted molar refractivity (Wildman–Crippen MR) is 219 cm³/mol. The Kier molecular flexibility index (Phi) is 13.5. The molecule has 2 saturated carbocycles. The zero-order valence-electron chi connectivity index (χ0n) is 38.0. The lowest BCUT2D eigenvalue weighted by Crippen LogP contribution is -2.42. The first-order chi connectivity index (χ1) is 24.5. The molecule has 4 aliphatic rings. The maximum atomic E-state index is 14.0. The van der Waals surface area contributed by atoms with Gasteiger partial charge in [0.1, 0.15) is 6.10 Å². The number of carbonyl (C=O) groups is 3. The predicted octanol–water partition coefficient (Wildman–Crippen LogP) is 12.4. The summed E-state index contributed by atoms with van der Waals surface area (Å²) >= 11 is 0. The SMILES string of the molecule is CCC(C)(C)C(CC(C)(C)CCC(C)(C)C1C(=O)OC(=O)C1C(C)(C)CCC(C)(C)CC(C1CCC(C)OC1)C(C)(C)C)C(=O)OC1CC2CCC1(C)C2. The molecule has 4 rings (SSSR count). The van der Waals surface area contributed by atoms with Crippen molar-refractivity contribution in [3.63, 3.8) is 0 Å². The number of rotatable bonds is 17. The molecule has 0 aromatic carbocycles. The lowest BCUT2D eigenvalue weighted by molar-refractivity contribution is -0.166. The van der Waals surface area contributed by atoms with Crippen LogP contribution in [-0.2, 0) is 28.6 Å². The van der Waals surface area contributed by atoms with Crippen LogP contribution in [0.1, 0.15) is 194 Å². The molecule has 4 fully saturated rings. The van der Waals surface area contributed by atoms with Crippen LogP contribution in [0.4, 0.5) is 0 Å². The van der Waals surface area contributed by atoms with E-state index in [2.05, 4.69) is 111 Å². The maximum Gasteiger partial charge on any atom is 0.318 e. The van der Waals surface area contributed by atoms with Crippen molar-refractivity contribution in [2.45, 2.75) is 206 Å². The van der Waals surface area contributed by atoms with Gasteiger partial charge in [0, 0.05) is 5.41 Å². The molecule has 312 valence electrons. The summed E-state index contributed by atoms with van der Waals surface area (Å²) in [7, 11) is 0. The smallest absolute Gasteiger partial charge is 0.318 e. The van der Waals surface area contributed by atoms with Gasteiger partial charge in [0.05, 0.1) is 30.5 Å². The fourth-order valence-electron chi connectivity index (χ4n) is 11.2. The van der Waals surface area contributed by atoms with Gasteiger partial charge in [-0.15, -0.1) is 0 Å². The number of cyclic esters (lactones) is 2. The minimum atomic E-state index is -0.506. The molecule has 2 bridgehead atoms. The summed E-state index contributed by atoms with van der Waals surface area (Å²) in [6, 6.07) is 0. The van der Waals surface area contributed by atoms with Crippen molar-refractivity contribution in [2.75, 3.05) is 6.61 Å². The molecule has 9 unspecified atom stereocenters. The lowest BCUT2D eigenvalue weighted by Gasteiger charge is -2.45. The minimum absolute atomic E-state index is 0.0295. The van der Waals surface area contributed by atoms with Crippen molar-refractivity contribution in [2.24, 2.45) is 73.4 Å². The fraction of sp³-hybridized carbons (Fsp3) is 0.938. The number of fused-ring (bicyclic) bond motifs is 2. The van der Waals surface area contributed by atoms with Crippen LogP contribution in [0.25, 0.3) is 0 Å². The maximum absolute atomic E-state index is 14.0. The Morgan fingerprint density at radius 1 is 0.796 bits per heavy atom. The summed E-state index contributed by atoms with van der Waals surface area (Å²) in [5.41, 5.74) is -0.852. The van der Waals surface area contributed by atoms with E-state index in [1.807, 2.05) is 0 Å². The molecular weight excluding hydrogens is 673 g/mol. The van der Waals surface area contributed by atoms with Crippen molar-refractivity contribution < 1.29 is 28.6 Å². The van der Waals surface area contributed by atoms with Crippen molar-refractivity contribution in [1.29, 1.82) is 0 Å². The molecule has 0 N–H and O–H groups in total. The summed E-state index contributed by atoms with van der Waals surface area (Å²) in [6.45, 7) is 37.0. The summed E-state index contributed by atoms with van der Waals surface area (Å²) in [5.74, 6) is -0.154. The Labute approximate surface area is 332 Å². The van der Waals surface area contributed by atoms with Gasteiger partial charge in [0.2, 0.25) is 0 Å². The van der Waals surface area contributed by atoms with Crippen LogP contribution in [0.5, 0.6) is 0 Å². The van der Waals surface area contributed by atoms with Gasteiger partial charge in [-0.05, 0) is 134 Å². The van der Waals surface area contributed by atoms with Crippen LogP contribution in [0.2, 0.25) is 0 Å². The monoisotopic (exact) mass is 757 g/mol. The fourth-order valence-corrected chi connectivity index (χ4v) is 11.2. The molecule has 0 amide bonds. The first-order valence-electron chi connectivity index (χ1n) is 22.1.